The highest BCUT2D eigenvalue weighted by Gasteiger charge is 2.19. The molecule has 0 aliphatic carbocycles. The Morgan fingerprint density at radius 3 is 2.30 bits per heavy atom. The molecule has 6 heteroatoms. The second-order valence-corrected chi connectivity index (χ2v) is 4.31. The Kier molecular flexibility index (Phi) is 5.99. The third-order valence-corrected chi connectivity index (χ3v) is 2.76. The molecule has 0 amide bonds. The first-order chi connectivity index (χ1) is 9.43. The van der Waals surface area contributed by atoms with E-state index >= 15 is 0 Å². The standard InChI is InChI=1S/C14H19NO5/c1-4-19-11-5-7-12(8-6-11)20-13(16)9-15(3)10(2)14(17)18/h5-8,10H,4,9H2,1-3H3,(H,17,18). The maximum absolute atomic E-state index is 11.7. The van der Waals surface area contributed by atoms with E-state index in [1.165, 1.54) is 11.8 Å². The van der Waals surface area contributed by atoms with Gasteiger partial charge in [0.2, 0.25) is 0 Å². The Bertz CT molecular complexity index is 457. The third-order valence-electron chi connectivity index (χ3n) is 2.76. The smallest absolute Gasteiger partial charge is 0.325 e. The summed E-state index contributed by atoms with van der Waals surface area (Å²) in [5, 5.41) is 8.83. The van der Waals surface area contributed by atoms with Gasteiger partial charge in [-0.25, -0.2) is 0 Å². The quantitative estimate of drug-likeness (QED) is 0.601. The molecule has 0 aromatic heterocycles. The number of carboxylic acid groups (broad SMARTS) is 1. The molecule has 1 N–H and O–H groups in total. The van der Waals surface area contributed by atoms with E-state index in [1.807, 2.05) is 6.92 Å². The van der Waals surface area contributed by atoms with Gasteiger partial charge in [0.15, 0.2) is 0 Å². The van der Waals surface area contributed by atoms with E-state index in [2.05, 4.69) is 0 Å². The number of esters is 1. The Morgan fingerprint density at radius 1 is 1.25 bits per heavy atom. The number of nitrogens with zero attached hydrogens (tertiary/aromatic N) is 1. The van der Waals surface area contributed by atoms with Crippen molar-refractivity contribution >= 4 is 11.9 Å². The predicted octanol–water partition coefficient (Wildman–Crippen LogP) is 1.40. The molecule has 1 unspecified atom stereocenters. The first-order valence-corrected chi connectivity index (χ1v) is 6.30. The zero-order valence-electron chi connectivity index (χ0n) is 11.8. The minimum absolute atomic E-state index is 0.0965. The van der Waals surface area contributed by atoms with Gasteiger partial charge in [0.1, 0.15) is 17.5 Å². The van der Waals surface area contributed by atoms with Crippen LogP contribution in [0.1, 0.15) is 13.8 Å². The Balaban J connectivity index is 2.51. The van der Waals surface area contributed by atoms with Gasteiger partial charge in [-0.1, -0.05) is 0 Å². The van der Waals surface area contributed by atoms with Crippen molar-refractivity contribution < 1.29 is 24.2 Å². The number of benzene rings is 1. The molecule has 1 rings (SSSR count). The average molecular weight is 281 g/mol. The fraction of sp³-hybridized carbons (Fsp3) is 0.429. The molecule has 0 fully saturated rings. The van der Waals surface area contributed by atoms with Gasteiger partial charge in [-0.2, -0.15) is 0 Å². The van der Waals surface area contributed by atoms with Crippen molar-refractivity contribution in [3.63, 3.8) is 0 Å². The Hall–Kier alpha value is -2.08. The molecule has 6 nitrogen and oxygen atoms in total. The molecular formula is C14H19NO5. The van der Waals surface area contributed by atoms with Crippen LogP contribution in [0, 0.1) is 0 Å². The minimum atomic E-state index is -0.985. The maximum atomic E-state index is 11.7. The first-order valence-electron chi connectivity index (χ1n) is 6.30. The molecule has 0 heterocycles. The van der Waals surface area contributed by atoms with Crippen molar-refractivity contribution in [1.82, 2.24) is 4.90 Å². The summed E-state index contributed by atoms with van der Waals surface area (Å²) in [5.41, 5.74) is 0. The van der Waals surface area contributed by atoms with Crippen molar-refractivity contribution in [3.8, 4) is 11.5 Å². The molecule has 110 valence electrons. The van der Waals surface area contributed by atoms with Gasteiger partial charge in [0.25, 0.3) is 0 Å². The van der Waals surface area contributed by atoms with Gasteiger partial charge >= 0.3 is 11.9 Å². The van der Waals surface area contributed by atoms with E-state index in [9.17, 15) is 9.59 Å². The number of hydrogen-bond donors (Lipinski definition) is 1. The second-order valence-electron chi connectivity index (χ2n) is 4.31. The van der Waals surface area contributed by atoms with Crippen LogP contribution in [0.25, 0.3) is 0 Å². The summed E-state index contributed by atoms with van der Waals surface area (Å²) >= 11 is 0. The van der Waals surface area contributed by atoms with Gasteiger partial charge in [-0.05, 0) is 45.2 Å². The zero-order chi connectivity index (χ0) is 15.1. The predicted molar refractivity (Wildman–Crippen MR) is 73.0 cm³/mol. The summed E-state index contributed by atoms with van der Waals surface area (Å²) in [6, 6.07) is 5.92. The fourth-order valence-corrected chi connectivity index (χ4v) is 1.46. The van der Waals surface area contributed by atoms with E-state index in [4.69, 9.17) is 14.6 Å². The van der Waals surface area contributed by atoms with Crippen LogP contribution < -0.4 is 9.47 Å². The molecule has 0 aliphatic heterocycles. The summed E-state index contributed by atoms with van der Waals surface area (Å²) in [7, 11) is 1.55. The molecular weight excluding hydrogens is 262 g/mol. The number of carboxylic acids is 1. The van der Waals surface area contributed by atoms with Crippen molar-refractivity contribution in [2.75, 3.05) is 20.2 Å². The highest BCUT2D eigenvalue weighted by Crippen LogP contribution is 2.17. The monoisotopic (exact) mass is 281 g/mol. The summed E-state index contributed by atoms with van der Waals surface area (Å²) in [5.74, 6) is -0.398. The number of ether oxygens (including phenoxy) is 2. The van der Waals surface area contributed by atoms with Gasteiger partial charge < -0.3 is 14.6 Å². The molecule has 0 radical (unpaired) electrons. The number of hydrogen-bond acceptors (Lipinski definition) is 5. The topological polar surface area (TPSA) is 76.1 Å². The maximum Gasteiger partial charge on any atom is 0.325 e. The van der Waals surface area contributed by atoms with Gasteiger partial charge in [0.05, 0.1) is 13.2 Å². The van der Waals surface area contributed by atoms with Crippen LogP contribution in [0.4, 0.5) is 0 Å². The molecule has 0 saturated carbocycles. The Labute approximate surface area is 117 Å². The van der Waals surface area contributed by atoms with Crippen LogP contribution >= 0.6 is 0 Å². The molecule has 1 aromatic rings. The Morgan fingerprint density at radius 2 is 1.80 bits per heavy atom. The SMILES string of the molecule is CCOc1ccc(OC(=O)CN(C)C(C)C(=O)O)cc1. The molecule has 1 atom stereocenters. The van der Waals surface area contributed by atoms with Crippen molar-refractivity contribution in [2.45, 2.75) is 19.9 Å². The van der Waals surface area contributed by atoms with Gasteiger partial charge in [-0.3, -0.25) is 14.5 Å². The normalized spacial score (nSPS) is 12.0. The van der Waals surface area contributed by atoms with Crippen LogP contribution in [0.3, 0.4) is 0 Å². The first kappa shape index (κ1) is 16.0. The van der Waals surface area contributed by atoms with Gasteiger partial charge in [0, 0.05) is 0 Å². The van der Waals surface area contributed by atoms with Crippen LogP contribution in [-0.2, 0) is 9.59 Å². The summed E-state index contributed by atoms with van der Waals surface area (Å²) in [6.07, 6.45) is 0. The second kappa shape index (κ2) is 7.49. The van der Waals surface area contributed by atoms with Crippen molar-refractivity contribution in [1.29, 1.82) is 0 Å². The lowest BCUT2D eigenvalue weighted by molar-refractivity contribution is -0.144. The molecule has 0 spiro atoms. The van der Waals surface area contributed by atoms with Crippen molar-refractivity contribution in [2.24, 2.45) is 0 Å². The third kappa shape index (κ3) is 4.89. The summed E-state index contributed by atoms with van der Waals surface area (Å²) in [4.78, 5) is 23.8. The molecule has 0 saturated heterocycles. The molecule has 0 aliphatic rings. The average Bonchev–Trinajstić information content (AvgIpc) is 2.40. The van der Waals surface area contributed by atoms with Crippen molar-refractivity contribution in [3.05, 3.63) is 24.3 Å². The summed E-state index contributed by atoms with van der Waals surface area (Å²) < 4.78 is 10.4. The summed E-state index contributed by atoms with van der Waals surface area (Å²) in [6.45, 7) is 3.86. The number of carbonyl (C=O) groups is 2. The highest BCUT2D eigenvalue weighted by atomic mass is 16.5. The lowest BCUT2D eigenvalue weighted by Crippen LogP contribution is -2.40. The fourth-order valence-electron chi connectivity index (χ4n) is 1.46. The number of likely N-dealkylation sites (N-methyl/N-ethyl adjacent to an activating group) is 1. The van der Waals surface area contributed by atoms with E-state index in [0.717, 1.165) is 0 Å². The van der Waals surface area contributed by atoms with Gasteiger partial charge in [-0.15, -0.1) is 0 Å². The lowest BCUT2D eigenvalue weighted by atomic mass is 10.3. The van der Waals surface area contributed by atoms with Crippen LogP contribution in [0.15, 0.2) is 24.3 Å². The van der Waals surface area contributed by atoms with E-state index < -0.39 is 18.0 Å². The largest absolute Gasteiger partial charge is 0.494 e. The molecule has 20 heavy (non-hydrogen) atoms. The zero-order valence-corrected chi connectivity index (χ0v) is 11.8. The molecule has 0 bridgehead atoms. The lowest BCUT2D eigenvalue weighted by Gasteiger charge is -2.19. The minimum Gasteiger partial charge on any atom is -0.494 e. The van der Waals surface area contributed by atoms with Crippen LogP contribution in [-0.4, -0.2) is 48.2 Å². The number of rotatable bonds is 7. The highest BCUT2D eigenvalue weighted by molar-refractivity contribution is 5.77. The number of carbonyl (C=O) groups excluding carboxylic acids is 1. The van der Waals surface area contributed by atoms with E-state index in [0.29, 0.717) is 18.1 Å². The number of aliphatic carboxylic acids is 1. The van der Waals surface area contributed by atoms with Crippen LogP contribution in [0.2, 0.25) is 0 Å². The van der Waals surface area contributed by atoms with E-state index in [1.54, 1.807) is 31.3 Å². The van der Waals surface area contributed by atoms with E-state index in [-0.39, 0.29) is 6.54 Å². The molecule has 1 aromatic carbocycles. The van der Waals surface area contributed by atoms with Crippen LogP contribution in [0.5, 0.6) is 11.5 Å².